The lowest BCUT2D eigenvalue weighted by atomic mass is 10.0. The van der Waals surface area contributed by atoms with Gasteiger partial charge in [-0.1, -0.05) is 0 Å². The molecule has 3 N–H and O–H groups in total. The normalized spacial score (nSPS) is 19.0. The summed E-state index contributed by atoms with van der Waals surface area (Å²) in [5.74, 6) is -1.98. The standard InChI is InChI=1S/C11H10N2O4S/c12-9-8(11(16)17)7-5(18-9)3-6(14)13(10(7)15)4-1-2-4/h4H,1-3,12H2,(H,16,17). The van der Waals surface area contributed by atoms with Crippen molar-refractivity contribution in [1.29, 1.82) is 0 Å². The van der Waals surface area contributed by atoms with Crippen molar-refractivity contribution in [2.75, 3.05) is 5.73 Å². The number of aromatic carboxylic acids is 1. The summed E-state index contributed by atoms with van der Waals surface area (Å²) in [6, 6.07) is -0.0547. The highest BCUT2D eigenvalue weighted by molar-refractivity contribution is 7.17. The number of nitrogen functional groups attached to an aromatic ring is 1. The Labute approximate surface area is 106 Å². The molecule has 1 aliphatic heterocycles. The molecule has 1 aromatic rings. The fraction of sp³-hybridized carbons (Fsp3) is 0.364. The molecule has 0 bridgehead atoms. The number of hydrogen-bond acceptors (Lipinski definition) is 5. The number of carbonyl (C=O) groups excluding carboxylic acids is 2. The molecule has 94 valence electrons. The van der Waals surface area contributed by atoms with Crippen molar-refractivity contribution in [3.63, 3.8) is 0 Å². The average molecular weight is 266 g/mol. The number of nitrogens with two attached hydrogens (primary N) is 1. The van der Waals surface area contributed by atoms with Crippen LogP contribution in [0, 0.1) is 0 Å². The largest absolute Gasteiger partial charge is 0.478 e. The van der Waals surface area contributed by atoms with Gasteiger partial charge in [-0.25, -0.2) is 4.79 Å². The average Bonchev–Trinajstić information content (AvgIpc) is 3.01. The summed E-state index contributed by atoms with van der Waals surface area (Å²) in [5, 5.41) is 9.19. The fourth-order valence-electron chi connectivity index (χ4n) is 2.22. The van der Waals surface area contributed by atoms with Gasteiger partial charge in [0.15, 0.2) is 0 Å². The summed E-state index contributed by atoms with van der Waals surface area (Å²) in [7, 11) is 0. The fourth-order valence-corrected chi connectivity index (χ4v) is 3.26. The van der Waals surface area contributed by atoms with E-state index >= 15 is 0 Å². The molecular formula is C11H10N2O4S. The Balaban J connectivity index is 2.14. The van der Waals surface area contributed by atoms with Gasteiger partial charge in [-0.3, -0.25) is 14.5 Å². The van der Waals surface area contributed by atoms with Gasteiger partial charge >= 0.3 is 5.97 Å². The molecule has 1 fully saturated rings. The minimum atomic E-state index is -1.22. The lowest BCUT2D eigenvalue weighted by Crippen LogP contribution is -2.43. The summed E-state index contributed by atoms with van der Waals surface area (Å²) in [6.07, 6.45) is 1.67. The number of carboxylic acid groups (broad SMARTS) is 1. The maximum absolute atomic E-state index is 12.2. The second kappa shape index (κ2) is 3.55. The zero-order valence-corrected chi connectivity index (χ0v) is 10.1. The number of carbonyl (C=O) groups is 3. The van der Waals surface area contributed by atoms with E-state index in [1.807, 2.05) is 0 Å². The second-order valence-electron chi connectivity index (χ2n) is 4.42. The van der Waals surface area contributed by atoms with E-state index in [1.165, 1.54) is 4.90 Å². The molecule has 0 unspecified atom stereocenters. The molecule has 0 saturated heterocycles. The van der Waals surface area contributed by atoms with Gasteiger partial charge < -0.3 is 10.8 Å². The minimum absolute atomic E-state index is 0.0547. The maximum atomic E-state index is 12.2. The first-order valence-corrected chi connectivity index (χ1v) is 6.33. The molecule has 0 aromatic carbocycles. The Morgan fingerprint density at radius 3 is 2.61 bits per heavy atom. The summed E-state index contributed by atoms with van der Waals surface area (Å²) < 4.78 is 0. The van der Waals surface area contributed by atoms with Crippen LogP contribution in [0.5, 0.6) is 0 Å². The number of fused-ring (bicyclic) bond motifs is 1. The lowest BCUT2D eigenvalue weighted by Gasteiger charge is -2.25. The Hall–Kier alpha value is -1.89. The molecule has 2 heterocycles. The molecule has 1 aromatic heterocycles. The van der Waals surface area contributed by atoms with E-state index in [1.54, 1.807) is 0 Å². The van der Waals surface area contributed by atoms with E-state index in [9.17, 15) is 14.4 Å². The van der Waals surface area contributed by atoms with Crippen LogP contribution >= 0.6 is 11.3 Å². The molecule has 2 aliphatic rings. The molecule has 3 rings (SSSR count). The number of carboxylic acids is 1. The van der Waals surface area contributed by atoms with Crippen molar-refractivity contribution in [3.8, 4) is 0 Å². The molecule has 2 amide bonds. The molecule has 0 spiro atoms. The van der Waals surface area contributed by atoms with Gasteiger partial charge in [-0.2, -0.15) is 0 Å². The quantitative estimate of drug-likeness (QED) is 0.768. The number of anilines is 1. The molecular weight excluding hydrogens is 256 g/mol. The molecule has 7 heteroatoms. The monoisotopic (exact) mass is 266 g/mol. The highest BCUT2D eigenvalue weighted by Crippen LogP contribution is 2.39. The van der Waals surface area contributed by atoms with Crippen LogP contribution in [0.25, 0.3) is 0 Å². The van der Waals surface area contributed by atoms with E-state index in [2.05, 4.69) is 0 Å². The smallest absolute Gasteiger partial charge is 0.339 e. The van der Waals surface area contributed by atoms with Crippen LogP contribution in [0.3, 0.4) is 0 Å². The third kappa shape index (κ3) is 1.43. The van der Waals surface area contributed by atoms with Crippen LogP contribution in [0.1, 0.15) is 38.4 Å². The van der Waals surface area contributed by atoms with Crippen LogP contribution < -0.4 is 5.73 Å². The minimum Gasteiger partial charge on any atom is -0.478 e. The highest BCUT2D eigenvalue weighted by Gasteiger charge is 2.44. The Kier molecular flexibility index (Phi) is 2.21. The van der Waals surface area contributed by atoms with E-state index in [-0.39, 0.29) is 34.5 Å². The number of imide groups is 1. The van der Waals surface area contributed by atoms with Gasteiger partial charge in [0.05, 0.1) is 12.0 Å². The Morgan fingerprint density at radius 1 is 1.39 bits per heavy atom. The molecule has 1 saturated carbocycles. The summed E-state index contributed by atoms with van der Waals surface area (Å²) in [4.78, 5) is 36.9. The summed E-state index contributed by atoms with van der Waals surface area (Å²) in [6.45, 7) is 0. The first kappa shape index (κ1) is 11.2. The summed E-state index contributed by atoms with van der Waals surface area (Å²) >= 11 is 1.02. The van der Waals surface area contributed by atoms with Crippen molar-refractivity contribution >= 4 is 34.1 Å². The topological polar surface area (TPSA) is 101 Å². The van der Waals surface area contributed by atoms with E-state index in [0.717, 1.165) is 24.2 Å². The third-order valence-corrected chi connectivity index (χ3v) is 4.17. The molecule has 1 aliphatic carbocycles. The van der Waals surface area contributed by atoms with Gasteiger partial charge in [0, 0.05) is 10.9 Å². The molecule has 18 heavy (non-hydrogen) atoms. The molecule has 0 radical (unpaired) electrons. The van der Waals surface area contributed by atoms with Crippen LogP contribution in [0.4, 0.5) is 5.00 Å². The first-order chi connectivity index (χ1) is 8.50. The van der Waals surface area contributed by atoms with Gasteiger partial charge in [0.25, 0.3) is 5.91 Å². The van der Waals surface area contributed by atoms with E-state index < -0.39 is 11.9 Å². The molecule has 6 nitrogen and oxygen atoms in total. The first-order valence-electron chi connectivity index (χ1n) is 5.51. The maximum Gasteiger partial charge on any atom is 0.339 e. The molecule has 0 atom stereocenters. The highest BCUT2D eigenvalue weighted by atomic mass is 32.1. The zero-order chi connectivity index (χ0) is 13.0. The second-order valence-corrected chi connectivity index (χ2v) is 5.56. The van der Waals surface area contributed by atoms with Crippen molar-refractivity contribution < 1.29 is 19.5 Å². The van der Waals surface area contributed by atoms with Gasteiger partial charge in [-0.15, -0.1) is 11.3 Å². The van der Waals surface area contributed by atoms with Crippen LogP contribution in [0.15, 0.2) is 0 Å². The number of rotatable bonds is 2. The number of nitrogens with zero attached hydrogens (tertiary/aromatic N) is 1. The van der Waals surface area contributed by atoms with Crippen molar-refractivity contribution in [1.82, 2.24) is 4.90 Å². The Bertz CT molecular complexity index is 588. The SMILES string of the molecule is Nc1sc2c(c1C(=O)O)C(=O)N(C1CC1)C(=O)C2. The van der Waals surface area contributed by atoms with Crippen molar-refractivity contribution in [3.05, 3.63) is 16.0 Å². The predicted octanol–water partition coefficient (Wildman–Crippen LogP) is 0.716. The van der Waals surface area contributed by atoms with Gasteiger partial charge in [0.1, 0.15) is 10.6 Å². The van der Waals surface area contributed by atoms with Crippen molar-refractivity contribution in [2.24, 2.45) is 0 Å². The van der Waals surface area contributed by atoms with E-state index in [4.69, 9.17) is 10.8 Å². The van der Waals surface area contributed by atoms with Crippen LogP contribution in [0.2, 0.25) is 0 Å². The summed E-state index contributed by atoms with van der Waals surface area (Å²) in [5.41, 5.74) is 5.58. The zero-order valence-electron chi connectivity index (χ0n) is 9.30. The van der Waals surface area contributed by atoms with Gasteiger partial charge in [0.2, 0.25) is 5.91 Å². The Morgan fingerprint density at radius 2 is 2.06 bits per heavy atom. The van der Waals surface area contributed by atoms with Crippen LogP contribution in [-0.2, 0) is 11.2 Å². The number of thiophene rings is 1. The van der Waals surface area contributed by atoms with E-state index in [0.29, 0.717) is 4.88 Å². The predicted molar refractivity (Wildman–Crippen MR) is 63.6 cm³/mol. The third-order valence-electron chi connectivity index (χ3n) is 3.15. The number of hydrogen-bond donors (Lipinski definition) is 2. The van der Waals surface area contributed by atoms with Crippen LogP contribution in [-0.4, -0.2) is 33.8 Å². The van der Waals surface area contributed by atoms with Crippen molar-refractivity contribution in [2.45, 2.75) is 25.3 Å². The van der Waals surface area contributed by atoms with Gasteiger partial charge in [-0.05, 0) is 12.8 Å². The number of amides is 2. The lowest BCUT2D eigenvalue weighted by molar-refractivity contribution is -0.128.